The molecule has 0 saturated carbocycles. The first kappa shape index (κ1) is 15.4. The van der Waals surface area contributed by atoms with E-state index in [0.717, 1.165) is 15.4 Å². The molecule has 2 rings (SSSR count). The van der Waals surface area contributed by atoms with Gasteiger partial charge < -0.3 is 4.74 Å². The van der Waals surface area contributed by atoms with Crippen molar-refractivity contribution in [1.29, 1.82) is 0 Å². The molecule has 0 spiro atoms. The van der Waals surface area contributed by atoms with Crippen LogP contribution < -0.4 is 16.0 Å². The number of hydrogen-bond donors (Lipinski definition) is 0. The number of rotatable bonds is 3. The van der Waals surface area contributed by atoms with E-state index in [0.29, 0.717) is 10.2 Å². The molecule has 0 fully saturated rings. The highest BCUT2D eigenvalue weighted by Crippen LogP contribution is 2.30. The molecule has 0 aliphatic rings. The van der Waals surface area contributed by atoms with E-state index >= 15 is 0 Å². The van der Waals surface area contributed by atoms with Crippen molar-refractivity contribution in [3.05, 3.63) is 49.5 Å². The van der Waals surface area contributed by atoms with Crippen LogP contribution >= 0.6 is 15.9 Å². The zero-order chi connectivity index (χ0) is 15.7. The number of aromatic nitrogens is 3. The fraction of sp³-hybridized carbons (Fsp3) is 0.308. The molecule has 0 atom stereocenters. The average Bonchev–Trinajstić information content (AvgIpc) is 2.40. The zero-order valence-corrected chi connectivity index (χ0v) is 13.2. The fourth-order valence-corrected chi connectivity index (χ4v) is 2.08. The lowest BCUT2D eigenvalue weighted by Gasteiger charge is -2.14. The Hall–Kier alpha value is -1.96. The molecule has 0 bridgehead atoms. The predicted octanol–water partition coefficient (Wildman–Crippen LogP) is 1.62. The number of nitrogens with zero attached hydrogens (tertiary/aromatic N) is 3. The van der Waals surface area contributed by atoms with Crippen molar-refractivity contribution in [2.24, 2.45) is 7.05 Å². The maximum Gasteiger partial charge on any atom is 0.352 e. The third-order valence-electron chi connectivity index (χ3n) is 2.67. The van der Waals surface area contributed by atoms with Crippen LogP contribution in [0.3, 0.4) is 0 Å². The van der Waals surface area contributed by atoms with Crippen LogP contribution in [0.5, 0.6) is 5.75 Å². The van der Waals surface area contributed by atoms with Gasteiger partial charge in [-0.05, 0) is 35.8 Å². The van der Waals surface area contributed by atoms with Crippen LogP contribution in [0, 0.1) is 5.82 Å². The summed E-state index contributed by atoms with van der Waals surface area (Å²) >= 11 is 3.20. The molecule has 1 heterocycles. The molecule has 0 radical (unpaired) electrons. The summed E-state index contributed by atoms with van der Waals surface area (Å²) in [6, 6.07) is 2.55. The van der Waals surface area contributed by atoms with Crippen LogP contribution in [0.2, 0.25) is 0 Å². The number of benzene rings is 1. The monoisotopic (exact) mass is 357 g/mol. The summed E-state index contributed by atoms with van der Waals surface area (Å²) in [7, 11) is 1.30. The Morgan fingerprint density at radius 1 is 1.33 bits per heavy atom. The molecular weight excluding hydrogens is 345 g/mol. The van der Waals surface area contributed by atoms with Gasteiger partial charge in [0.1, 0.15) is 23.5 Å². The molecule has 0 unspecified atom stereocenters. The van der Waals surface area contributed by atoms with Gasteiger partial charge in [0.2, 0.25) is 0 Å². The van der Waals surface area contributed by atoms with Gasteiger partial charge in [-0.1, -0.05) is 0 Å². The van der Waals surface area contributed by atoms with Gasteiger partial charge in [0.15, 0.2) is 0 Å². The fourth-order valence-electron chi connectivity index (χ4n) is 1.67. The van der Waals surface area contributed by atoms with E-state index in [2.05, 4.69) is 21.0 Å². The lowest BCUT2D eigenvalue weighted by Crippen LogP contribution is -2.38. The van der Waals surface area contributed by atoms with Crippen LogP contribution in [-0.4, -0.2) is 20.5 Å². The van der Waals surface area contributed by atoms with Crippen LogP contribution in [-0.2, 0) is 7.05 Å². The Balaban J connectivity index is 2.67. The number of hydrogen-bond acceptors (Lipinski definition) is 4. The van der Waals surface area contributed by atoms with Gasteiger partial charge in [-0.2, -0.15) is 9.78 Å². The summed E-state index contributed by atoms with van der Waals surface area (Å²) in [5, 5.41) is 3.68. The topological polar surface area (TPSA) is 66.1 Å². The molecule has 112 valence electrons. The standard InChI is InChI=1S/C13H13BrFN3O3/c1-7(2)21-11-5-10(9(15)4-8(11)14)18-13(20)17(3)12(19)6-16-18/h4-7H,1-3H3. The summed E-state index contributed by atoms with van der Waals surface area (Å²) in [6.07, 6.45) is 0.829. The molecule has 8 heteroatoms. The molecule has 1 aromatic carbocycles. The van der Waals surface area contributed by atoms with E-state index in [1.165, 1.54) is 19.2 Å². The summed E-state index contributed by atoms with van der Waals surface area (Å²) in [5.41, 5.74) is -1.39. The Morgan fingerprint density at radius 2 is 2.00 bits per heavy atom. The Morgan fingerprint density at radius 3 is 2.62 bits per heavy atom. The highest BCUT2D eigenvalue weighted by atomic mass is 79.9. The molecule has 0 amide bonds. The van der Waals surface area contributed by atoms with E-state index in [-0.39, 0.29) is 11.8 Å². The summed E-state index contributed by atoms with van der Waals surface area (Å²) in [4.78, 5) is 23.3. The maximum atomic E-state index is 14.1. The average molecular weight is 358 g/mol. The maximum absolute atomic E-state index is 14.1. The van der Waals surface area contributed by atoms with Crippen LogP contribution in [0.25, 0.3) is 5.69 Å². The van der Waals surface area contributed by atoms with Crippen LogP contribution in [0.1, 0.15) is 13.8 Å². The zero-order valence-electron chi connectivity index (χ0n) is 11.6. The second-order valence-corrected chi connectivity index (χ2v) is 5.49. The van der Waals surface area contributed by atoms with Gasteiger partial charge in [-0.3, -0.25) is 9.36 Å². The first-order valence-corrected chi connectivity index (χ1v) is 6.92. The summed E-state index contributed by atoms with van der Waals surface area (Å²) in [5.74, 6) is -0.282. The molecule has 2 aromatic rings. The first-order valence-electron chi connectivity index (χ1n) is 6.12. The molecule has 0 saturated heterocycles. The van der Waals surface area contributed by atoms with E-state index in [1.807, 2.05) is 13.8 Å². The van der Waals surface area contributed by atoms with Crippen molar-refractivity contribution >= 4 is 15.9 Å². The Kier molecular flexibility index (Phi) is 4.26. The molecule has 6 nitrogen and oxygen atoms in total. The minimum absolute atomic E-state index is 0.0885. The van der Waals surface area contributed by atoms with Gasteiger partial charge in [0, 0.05) is 13.1 Å². The summed E-state index contributed by atoms with van der Waals surface area (Å²) in [6.45, 7) is 3.65. The molecule has 1 aromatic heterocycles. The highest BCUT2D eigenvalue weighted by Gasteiger charge is 2.15. The van der Waals surface area contributed by atoms with Gasteiger partial charge in [-0.15, -0.1) is 0 Å². The lowest BCUT2D eigenvalue weighted by molar-refractivity contribution is 0.240. The third-order valence-corrected chi connectivity index (χ3v) is 3.29. The minimum atomic E-state index is -0.737. The van der Waals surface area contributed by atoms with Crippen molar-refractivity contribution < 1.29 is 9.13 Å². The molecule has 0 aliphatic carbocycles. The van der Waals surface area contributed by atoms with E-state index in [4.69, 9.17) is 4.74 Å². The minimum Gasteiger partial charge on any atom is -0.490 e. The van der Waals surface area contributed by atoms with Gasteiger partial charge in [0.25, 0.3) is 5.56 Å². The lowest BCUT2D eigenvalue weighted by atomic mass is 10.3. The largest absolute Gasteiger partial charge is 0.490 e. The molecule has 0 aliphatic heterocycles. The molecular formula is C13H13BrFN3O3. The Labute approximate surface area is 127 Å². The highest BCUT2D eigenvalue weighted by molar-refractivity contribution is 9.10. The van der Waals surface area contributed by atoms with Gasteiger partial charge in [0.05, 0.1) is 10.6 Å². The van der Waals surface area contributed by atoms with E-state index in [1.54, 1.807) is 0 Å². The molecule has 21 heavy (non-hydrogen) atoms. The van der Waals surface area contributed by atoms with Gasteiger partial charge in [-0.25, -0.2) is 9.18 Å². The smallest absolute Gasteiger partial charge is 0.352 e. The van der Waals surface area contributed by atoms with Crippen molar-refractivity contribution in [3.8, 4) is 11.4 Å². The predicted molar refractivity (Wildman–Crippen MR) is 78.5 cm³/mol. The first-order chi connectivity index (χ1) is 9.81. The van der Waals surface area contributed by atoms with Gasteiger partial charge >= 0.3 is 5.69 Å². The van der Waals surface area contributed by atoms with Crippen LogP contribution in [0.4, 0.5) is 4.39 Å². The van der Waals surface area contributed by atoms with Crippen LogP contribution in [0.15, 0.2) is 32.4 Å². The van der Waals surface area contributed by atoms with E-state index in [9.17, 15) is 14.0 Å². The quantitative estimate of drug-likeness (QED) is 0.837. The van der Waals surface area contributed by atoms with Crippen molar-refractivity contribution in [3.63, 3.8) is 0 Å². The van der Waals surface area contributed by atoms with Crippen molar-refractivity contribution in [1.82, 2.24) is 14.3 Å². The van der Waals surface area contributed by atoms with Crippen molar-refractivity contribution in [2.75, 3.05) is 0 Å². The Bertz CT molecular complexity index is 798. The second kappa shape index (κ2) is 5.80. The normalized spacial score (nSPS) is 11.0. The number of halogens is 2. The SMILES string of the molecule is CC(C)Oc1cc(-n2ncc(=O)n(C)c2=O)c(F)cc1Br. The van der Waals surface area contributed by atoms with E-state index < -0.39 is 17.1 Å². The number of ether oxygens (including phenoxy) is 1. The molecule has 0 N–H and O–H groups in total. The second-order valence-electron chi connectivity index (χ2n) is 4.64. The van der Waals surface area contributed by atoms with Crippen molar-refractivity contribution in [2.45, 2.75) is 20.0 Å². The summed E-state index contributed by atoms with van der Waals surface area (Å²) < 4.78 is 21.7. The third kappa shape index (κ3) is 3.05.